The lowest BCUT2D eigenvalue weighted by Gasteiger charge is -2.09. The third kappa shape index (κ3) is 3.26. The van der Waals surface area contributed by atoms with E-state index in [9.17, 15) is 17.6 Å². The van der Waals surface area contributed by atoms with E-state index < -0.39 is 23.3 Å². The van der Waals surface area contributed by atoms with Gasteiger partial charge in [0.2, 0.25) is 0 Å². The average molecular weight is 334 g/mol. The maximum absolute atomic E-state index is 13.4. The van der Waals surface area contributed by atoms with E-state index in [4.69, 9.17) is 0 Å². The molecule has 1 nitrogen and oxygen atoms in total. The van der Waals surface area contributed by atoms with Crippen molar-refractivity contribution in [3.63, 3.8) is 0 Å². The van der Waals surface area contributed by atoms with Crippen molar-refractivity contribution in [1.29, 1.82) is 0 Å². The third-order valence-electron chi connectivity index (χ3n) is 2.48. The van der Waals surface area contributed by atoms with Crippen molar-refractivity contribution in [2.24, 2.45) is 0 Å². The number of hydrogen-bond donors (Lipinski definition) is 1. The van der Waals surface area contributed by atoms with Gasteiger partial charge >= 0.3 is 0 Å². The van der Waals surface area contributed by atoms with Crippen molar-refractivity contribution in [3.8, 4) is 0 Å². The van der Waals surface area contributed by atoms with E-state index in [1.54, 1.807) is 0 Å². The van der Waals surface area contributed by atoms with E-state index >= 15 is 0 Å². The van der Waals surface area contributed by atoms with Crippen LogP contribution in [0.4, 0.5) is 23.2 Å². The van der Waals surface area contributed by atoms with Gasteiger partial charge in [0.05, 0.1) is 10.2 Å². The summed E-state index contributed by atoms with van der Waals surface area (Å²) >= 11 is 2.94. The quantitative estimate of drug-likeness (QED) is 0.638. The largest absolute Gasteiger partial charge is 0.379 e. The van der Waals surface area contributed by atoms with Gasteiger partial charge in [0.25, 0.3) is 0 Å². The van der Waals surface area contributed by atoms with Crippen LogP contribution in [0.15, 0.2) is 34.8 Å². The van der Waals surface area contributed by atoms with E-state index in [0.29, 0.717) is 5.56 Å². The average Bonchev–Trinajstić information content (AvgIpc) is 2.36. The molecule has 2 rings (SSSR count). The Morgan fingerprint density at radius 2 is 1.58 bits per heavy atom. The molecule has 2 aromatic rings. The molecular weight excluding hydrogens is 326 g/mol. The van der Waals surface area contributed by atoms with Gasteiger partial charge in [-0.1, -0.05) is 6.07 Å². The first-order valence-electron chi connectivity index (χ1n) is 5.29. The van der Waals surface area contributed by atoms with E-state index in [1.807, 2.05) is 0 Å². The summed E-state index contributed by atoms with van der Waals surface area (Å²) in [6, 6.07) is 5.35. The molecule has 0 aliphatic rings. The Morgan fingerprint density at radius 1 is 0.842 bits per heavy atom. The van der Waals surface area contributed by atoms with Gasteiger partial charge in [-0.15, -0.1) is 0 Å². The van der Waals surface area contributed by atoms with Gasteiger partial charge in [-0.2, -0.15) is 0 Å². The summed E-state index contributed by atoms with van der Waals surface area (Å²) in [6.07, 6.45) is 0. The van der Waals surface area contributed by atoms with Crippen molar-refractivity contribution >= 4 is 21.6 Å². The highest BCUT2D eigenvalue weighted by molar-refractivity contribution is 9.10. The van der Waals surface area contributed by atoms with Gasteiger partial charge in [-0.3, -0.25) is 0 Å². The molecule has 0 amide bonds. The molecule has 100 valence electrons. The van der Waals surface area contributed by atoms with Gasteiger partial charge in [0.15, 0.2) is 11.6 Å². The standard InChI is InChI=1S/C13H8BrF4N/c14-8-4-13(12(18)5-10(8)16)19-6-7-1-2-9(15)11(17)3-7/h1-5,19H,6H2. The van der Waals surface area contributed by atoms with Gasteiger partial charge in [-0.05, 0) is 39.7 Å². The molecule has 0 radical (unpaired) electrons. The minimum absolute atomic E-state index is 0.0676. The smallest absolute Gasteiger partial charge is 0.159 e. The molecule has 0 aliphatic heterocycles. The summed E-state index contributed by atoms with van der Waals surface area (Å²) in [5.74, 6) is -3.39. The minimum atomic E-state index is -0.972. The van der Waals surface area contributed by atoms with Gasteiger partial charge in [0, 0.05) is 12.6 Å². The fraction of sp³-hybridized carbons (Fsp3) is 0.0769. The maximum Gasteiger partial charge on any atom is 0.159 e. The number of rotatable bonds is 3. The Bertz CT molecular complexity index is 616. The highest BCUT2D eigenvalue weighted by Crippen LogP contribution is 2.24. The van der Waals surface area contributed by atoms with E-state index in [-0.39, 0.29) is 16.7 Å². The molecule has 0 saturated heterocycles. The first-order chi connectivity index (χ1) is 8.97. The molecule has 0 saturated carbocycles. The van der Waals surface area contributed by atoms with Crippen LogP contribution in [-0.4, -0.2) is 0 Å². The Morgan fingerprint density at radius 3 is 2.26 bits per heavy atom. The predicted octanol–water partition coefficient (Wildman–Crippen LogP) is 4.62. The van der Waals surface area contributed by atoms with Crippen molar-refractivity contribution in [1.82, 2.24) is 0 Å². The van der Waals surface area contributed by atoms with Crippen molar-refractivity contribution in [2.75, 3.05) is 5.32 Å². The molecule has 19 heavy (non-hydrogen) atoms. The summed E-state index contributed by atoms with van der Waals surface area (Å²) < 4.78 is 52.2. The van der Waals surface area contributed by atoms with Crippen LogP contribution in [0.3, 0.4) is 0 Å². The van der Waals surface area contributed by atoms with Gasteiger partial charge in [0.1, 0.15) is 11.6 Å². The molecule has 0 fully saturated rings. The lowest BCUT2D eigenvalue weighted by atomic mass is 10.2. The van der Waals surface area contributed by atoms with Gasteiger partial charge < -0.3 is 5.32 Å². The SMILES string of the molecule is Fc1ccc(CNc2cc(Br)c(F)cc2F)cc1F. The number of anilines is 1. The van der Waals surface area contributed by atoms with Crippen LogP contribution in [0.25, 0.3) is 0 Å². The van der Waals surface area contributed by atoms with Gasteiger partial charge in [-0.25, -0.2) is 17.6 Å². The molecular formula is C13H8BrF4N. The van der Waals surface area contributed by atoms with Crippen LogP contribution >= 0.6 is 15.9 Å². The monoisotopic (exact) mass is 333 g/mol. The van der Waals surface area contributed by atoms with E-state index in [2.05, 4.69) is 21.2 Å². The minimum Gasteiger partial charge on any atom is -0.379 e. The topological polar surface area (TPSA) is 12.0 Å². The maximum atomic E-state index is 13.4. The molecule has 0 unspecified atom stereocenters. The fourth-order valence-corrected chi connectivity index (χ4v) is 1.85. The van der Waals surface area contributed by atoms with Crippen LogP contribution in [0.1, 0.15) is 5.56 Å². The fourth-order valence-electron chi connectivity index (χ4n) is 1.50. The normalized spacial score (nSPS) is 10.6. The lowest BCUT2D eigenvalue weighted by molar-refractivity contribution is 0.507. The third-order valence-corrected chi connectivity index (χ3v) is 3.08. The molecule has 0 aliphatic carbocycles. The molecule has 0 aromatic heterocycles. The van der Waals surface area contributed by atoms with Crippen LogP contribution in [0.2, 0.25) is 0 Å². The Balaban J connectivity index is 2.14. The molecule has 0 bridgehead atoms. The van der Waals surface area contributed by atoms with Crippen LogP contribution in [0.5, 0.6) is 0 Å². The number of halogens is 5. The van der Waals surface area contributed by atoms with E-state index in [0.717, 1.165) is 18.2 Å². The van der Waals surface area contributed by atoms with Crippen molar-refractivity contribution < 1.29 is 17.6 Å². The summed E-state index contributed by atoms with van der Waals surface area (Å²) in [6.45, 7) is 0.0895. The number of hydrogen-bond acceptors (Lipinski definition) is 1. The molecule has 1 N–H and O–H groups in total. The van der Waals surface area contributed by atoms with Crippen LogP contribution < -0.4 is 5.32 Å². The zero-order valence-corrected chi connectivity index (χ0v) is 11.1. The summed E-state index contributed by atoms with van der Waals surface area (Å²) in [5, 5.41) is 2.68. The zero-order valence-electron chi connectivity index (χ0n) is 9.48. The highest BCUT2D eigenvalue weighted by atomic mass is 79.9. The van der Waals surface area contributed by atoms with Crippen LogP contribution in [0, 0.1) is 23.3 Å². The number of benzene rings is 2. The number of nitrogens with one attached hydrogen (secondary N) is 1. The molecule has 6 heteroatoms. The molecule has 0 heterocycles. The summed E-state index contributed by atoms with van der Waals surface area (Å²) in [7, 11) is 0. The summed E-state index contributed by atoms with van der Waals surface area (Å²) in [5.41, 5.74) is 0.511. The predicted molar refractivity (Wildman–Crippen MR) is 67.7 cm³/mol. The molecule has 0 spiro atoms. The lowest BCUT2D eigenvalue weighted by Crippen LogP contribution is -2.03. The molecule has 0 atom stereocenters. The van der Waals surface area contributed by atoms with Crippen LogP contribution in [-0.2, 0) is 6.54 Å². The second-order valence-electron chi connectivity index (χ2n) is 3.85. The first kappa shape index (κ1) is 13.9. The Hall–Kier alpha value is -1.56. The molecule has 2 aromatic carbocycles. The second kappa shape index (κ2) is 5.61. The highest BCUT2D eigenvalue weighted by Gasteiger charge is 2.08. The zero-order chi connectivity index (χ0) is 14.0. The summed E-state index contributed by atoms with van der Waals surface area (Å²) in [4.78, 5) is 0. The Kier molecular flexibility index (Phi) is 4.09. The Labute approximate surface area is 115 Å². The first-order valence-corrected chi connectivity index (χ1v) is 6.09. The van der Waals surface area contributed by atoms with Crippen molar-refractivity contribution in [3.05, 3.63) is 63.6 Å². The van der Waals surface area contributed by atoms with E-state index in [1.165, 1.54) is 12.1 Å². The second-order valence-corrected chi connectivity index (χ2v) is 4.70. The van der Waals surface area contributed by atoms with Crippen molar-refractivity contribution in [2.45, 2.75) is 6.54 Å².